The molecule has 0 saturated heterocycles. The summed E-state index contributed by atoms with van der Waals surface area (Å²) in [5, 5.41) is 2.01. The molecule has 88 valence electrons. The van der Waals surface area contributed by atoms with Gasteiger partial charge in [0.25, 0.3) is 5.91 Å². The monoisotopic (exact) mass is 310 g/mol. The number of hydrogen-bond acceptors (Lipinski definition) is 3. The second-order valence-electron chi connectivity index (χ2n) is 3.63. The van der Waals surface area contributed by atoms with E-state index in [-0.39, 0.29) is 5.91 Å². The van der Waals surface area contributed by atoms with Crippen LogP contribution in [0, 0.1) is 0 Å². The van der Waals surface area contributed by atoms with Crippen LogP contribution in [-0.2, 0) is 6.54 Å². The van der Waals surface area contributed by atoms with Gasteiger partial charge in [0, 0.05) is 39.7 Å². The standard InChI is InChI=1S/C12H11BrN2OS/c1-15(7-11-6-10(13)8-17-11)12(16)9-2-4-14-5-3-9/h2-6,8H,7H2,1H3. The predicted octanol–water partition coefficient (Wildman–Crippen LogP) is 3.18. The van der Waals surface area contributed by atoms with Gasteiger partial charge in [0.05, 0.1) is 6.54 Å². The van der Waals surface area contributed by atoms with Gasteiger partial charge >= 0.3 is 0 Å². The van der Waals surface area contributed by atoms with Crippen LogP contribution in [0.1, 0.15) is 15.2 Å². The fraction of sp³-hybridized carbons (Fsp3) is 0.167. The van der Waals surface area contributed by atoms with Crippen LogP contribution in [0.3, 0.4) is 0 Å². The van der Waals surface area contributed by atoms with Crippen molar-refractivity contribution in [1.82, 2.24) is 9.88 Å². The summed E-state index contributed by atoms with van der Waals surface area (Å²) in [5.41, 5.74) is 0.665. The molecular weight excluding hydrogens is 300 g/mol. The van der Waals surface area contributed by atoms with Gasteiger partial charge in [0.1, 0.15) is 0 Å². The largest absolute Gasteiger partial charge is 0.337 e. The van der Waals surface area contributed by atoms with Crippen LogP contribution in [0.2, 0.25) is 0 Å². The molecule has 0 saturated carbocycles. The summed E-state index contributed by atoms with van der Waals surface area (Å²) >= 11 is 5.04. The molecule has 17 heavy (non-hydrogen) atoms. The number of pyridine rings is 1. The lowest BCUT2D eigenvalue weighted by Gasteiger charge is -2.15. The van der Waals surface area contributed by atoms with Crippen molar-refractivity contribution in [3.8, 4) is 0 Å². The lowest BCUT2D eigenvalue weighted by Crippen LogP contribution is -2.25. The fourth-order valence-corrected chi connectivity index (χ4v) is 2.96. The predicted molar refractivity (Wildman–Crippen MR) is 72.1 cm³/mol. The molecule has 5 heteroatoms. The van der Waals surface area contributed by atoms with Crippen molar-refractivity contribution in [2.75, 3.05) is 7.05 Å². The lowest BCUT2D eigenvalue weighted by atomic mass is 10.2. The Morgan fingerprint density at radius 1 is 1.47 bits per heavy atom. The highest BCUT2D eigenvalue weighted by atomic mass is 79.9. The first-order valence-corrected chi connectivity index (χ1v) is 6.72. The van der Waals surface area contributed by atoms with Crippen molar-refractivity contribution in [3.05, 3.63) is 50.9 Å². The first kappa shape index (κ1) is 12.3. The Labute approximate surface area is 112 Å². The highest BCUT2D eigenvalue weighted by Gasteiger charge is 2.12. The normalized spacial score (nSPS) is 10.2. The third-order valence-corrected chi connectivity index (χ3v) is 3.97. The van der Waals surface area contributed by atoms with E-state index in [0.29, 0.717) is 12.1 Å². The minimum Gasteiger partial charge on any atom is -0.337 e. The average Bonchev–Trinajstić information content (AvgIpc) is 2.75. The minimum atomic E-state index is 0.0110. The molecule has 3 nitrogen and oxygen atoms in total. The number of thiophene rings is 1. The zero-order valence-electron chi connectivity index (χ0n) is 9.26. The quantitative estimate of drug-likeness (QED) is 0.872. The van der Waals surface area contributed by atoms with E-state index >= 15 is 0 Å². The van der Waals surface area contributed by atoms with Gasteiger partial charge in [-0.3, -0.25) is 9.78 Å². The van der Waals surface area contributed by atoms with Crippen LogP contribution in [0.5, 0.6) is 0 Å². The number of amides is 1. The molecule has 0 aliphatic heterocycles. The second kappa shape index (κ2) is 5.42. The molecule has 0 atom stereocenters. The van der Waals surface area contributed by atoms with Gasteiger partial charge in [0.15, 0.2) is 0 Å². The van der Waals surface area contributed by atoms with Crippen molar-refractivity contribution < 1.29 is 4.79 Å². The smallest absolute Gasteiger partial charge is 0.254 e. The molecule has 0 fully saturated rings. The number of nitrogens with zero attached hydrogens (tertiary/aromatic N) is 2. The molecule has 2 aromatic rings. The van der Waals surface area contributed by atoms with Crippen molar-refractivity contribution in [3.63, 3.8) is 0 Å². The van der Waals surface area contributed by atoms with Gasteiger partial charge in [0.2, 0.25) is 0 Å². The van der Waals surface area contributed by atoms with Crippen molar-refractivity contribution >= 4 is 33.2 Å². The number of halogens is 1. The molecule has 0 N–H and O–H groups in total. The van der Waals surface area contributed by atoms with Crippen LogP contribution in [0.15, 0.2) is 40.4 Å². The van der Waals surface area contributed by atoms with Gasteiger partial charge in [-0.05, 0) is 34.1 Å². The van der Waals surface area contributed by atoms with Crippen LogP contribution < -0.4 is 0 Å². The zero-order valence-corrected chi connectivity index (χ0v) is 11.7. The Morgan fingerprint density at radius 2 is 2.18 bits per heavy atom. The summed E-state index contributed by atoms with van der Waals surface area (Å²) in [6.07, 6.45) is 3.26. The molecule has 2 rings (SSSR count). The molecule has 0 aliphatic rings. The molecule has 1 amide bonds. The maximum atomic E-state index is 12.0. The first-order valence-electron chi connectivity index (χ1n) is 5.05. The van der Waals surface area contributed by atoms with Gasteiger partial charge in [-0.1, -0.05) is 0 Å². The van der Waals surface area contributed by atoms with E-state index < -0.39 is 0 Å². The van der Waals surface area contributed by atoms with Crippen LogP contribution in [-0.4, -0.2) is 22.8 Å². The Kier molecular flexibility index (Phi) is 3.91. The maximum Gasteiger partial charge on any atom is 0.254 e. The van der Waals surface area contributed by atoms with Crippen LogP contribution in [0.4, 0.5) is 0 Å². The van der Waals surface area contributed by atoms with Crippen LogP contribution >= 0.6 is 27.3 Å². The average molecular weight is 311 g/mol. The number of aromatic nitrogens is 1. The molecular formula is C12H11BrN2OS. The van der Waals surface area contributed by atoms with E-state index in [1.54, 1.807) is 47.8 Å². The second-order valence-corrected chi connectivity index (χ2v) is 5.54. The molecule has 2 aromatic heterocycles. The Morgan fingerprint density at radius 3 is 2.76 bits per heavy atom. The number of carbonyl (C=O) groups is 1. The Bertz CT molecular complexity index is 512. The maximum absolute atomic E-state index is 12.0. The van der Waals surface area contributed by atoms with Gasteiger partial charge < -0.3 is 4.90 Å². The zero-order chi connectivity index (χ0) is 12.3. The highest BCUT2D eigenvalue weighted by Crippen LogP contribution is 2.21. The van der Waals surface area contributed by atoms with Crippen molar-refractivity contribution in [2.45, 2.75) is 6.54 Å². The van der Waals surface area contributed by atoms with Crippen molar-refractivity contribution in [2.24, 2.45) is 0 Å². The van der Waals surface area contributed by atoms with Crippen LogP contribution in [0.25, 0.3) is 0 Å². The first-order chi connectivity index (χ1) is 8.16. The van der Waals surface area contributed by atoms with Gasteiger partial charge in [-0.15, -0.1) is 11.3 Å². The Balaban J connectivity index is 2.06. The highest BCUT2D eigenvalue weighted by molar-refractivity contribution is 9.10. The summed E-state index contributed by atoms with van der Waals surface area (Å²) < 4.78 is 1.06. The van der Waals surface area contributed by atoms with Gasteiger partial charge in [-0.25, -0.2) is 0 Å². The summed E-state index contributed by atoms with van der Waals surface area (Å²) in [6, 6.07) is 5.48. The molecule has 0 bridgehead atoms. The van der Waals surface area contributed by atoms with Crippen molar-refractivity contribution in [1.29, 1.82) is 0 Å². The van der Waals surface area contributed by atoms with Gasteiger partial charge in [-0.2, -0.15) is 0 Å². The van der Waals surface area contributed by atoms with E-state index in [2.05, 4.69) is 20.9 Å². The number of hydrogen-bond donors (Lipinski definition) is 0. The minimum absolute atomic E-state index is 0.0110. The van der Waals surface area contributed by atoms with E-state index in [1.807, 2.05) is 11.4 Å². The molecule has 0 radical (unpaired) electrons. The SMILES string of the molecule is CN(Cc1cc(Br)cs1)C(=O)c1ccncc1. The lowest BCUT2D eigenvalue weighted by molar-refractivity contribution is 0.0786. The number of rotatable bonds is 3. The topological polar surface area (TPSA) is 33.2 Å². The third kappa shape index (κ3) is 3.14. The molecule has 2 heterocycles. The summed E-state index contributed by atoms with van der Waals surface area (Å²) in [6.45, 7) is 0.622. The fourth-order valence-electron chi connectivity index (χ4n) is 1.46. The molecule has 0 spiro atoms. The Hall–Kier alpha value is -1.20. The molecule has 0 aliphatic carbocycles. The molecule has 0 unspecified atom stereocenters. The molecule has 0 aromatic carbocycles. The third-order valence-electron chi connectivity index (χ3n) is 2.29. The summed E-state index contributed by atoms with van der Waals surface area (Å²) in [4.78, 5) is 18.8. The summed E-state index contributed by atoms with van der Waals surface area (Å²) in [7, 11) is 1.80. The summed E-state index contributed by atoms with van der Waals surface area (Å²) in [5.74, 6) is 0.0110. The van der Waals surface area contributed by atoms with E-state index in [1.165, 1.54) is 0 Å². The number of carbonyl (C=O) groups excluding carboxylic acids is 1. The van der Waals surface area contributed by atoms with E-state index in [0.717, 1.165) is 9.35 Å². The van der Waals surface area contributed by atoms with E-state index in [4.69, 9.17) is 0 Å². The van der Waals surface area contributed by atoms with E-state index in [9.17, 15) is 4.79 Å².